The average molecular weight is 482 g/mol. The molecule has 1 N–H and O–H groups in total. The minimum Gasteiger partial charge on any atom is -0.336 e. The molecule has 0 saturated carbocycles. The highest BCUT2D eigenvalue weighted by Crippen LogP contribution is 2.52. The third kappa shape index (κ3) is 4.07. The Bertz CT molecular complexity index is 1270. The second-order valence-electron chi connectivity index (χ2n) is 9.84. The van der Waals surface area contributed by atoms with E-state index in [9.17, 15) is 4.79 Å². The van der Waals surface area contributed by atoms with Gasteiger partial charge in [-0.3, -0.25) is 9.69 Å². The second kappa shape index (κ2) is 9.21. The standard InChI is InChI=1S/C30H31N3OS/c1-3-16-32-22-13-14-23(32)19-24(18-22)33-27-10-6-7-11-29(27)35-30-17-21(12-15-28(30)33)25-8-4-5-9-26(25)31-20(2)34/h3-12,15,17,22-24H,1,13-14,16,18-19H2,2H3,(H,31,34). The normalized spacial score (nSPS) is 22.9. The number of anilines is 3. The zero-order chi connectivity index (χ0) is 23.9. The van der Waals surface area contributed by atoms with E-state index in [0.717, 1.165) is 23.4 Å². The summed E-state index contributed by atoms with van der Waals surface area (Å²) in [4.78, 5) is 19.7. The largest absolute Gasteiger partial charge is 0.336 e. The molecule has 5 heteroatoms. The number of hydrogen-bond donors (Lipinski definition) is 1. The first kappa shape index (κ1) is 22.4. The number of benzene rings is 3. The molecule has 0 aromatic heterocycles. The molecule has 35 heavy (non-hydrogen) atoms. The van der Waals surface area contributed by atoms with Crippen molar-refractivity contribution in [1.82, 2.24) is 4.90 Å². The Morgan fingerprint density at radius 2 is 1.69 bits per heavy atom. The summed E-state index contributed by atoms with van der Waals surface area (Å²) in [6, 6.07) is 25.5. The minimum atomic E-state index is -0.0534. The van der Waals surface area contributed by atoms with Crippen LogP contribution < -0.4 is 10.2 Å². The van der Waals surface area contributed by atoms with Crippen LogP contribution >= 0.6 is 11.8 Å². The Morgan fingerprint density at radius 3 is 2.46 bits per heavy atom. The SMILES string of the molecule is C=CCN1C2CCC1CC(N1c3ccccc3Sc3cc(-c4ccccc4NC(C)=O)ccc31)C2. The third-order valence-corrected chi connectivity index (χ3v) is 8.79. The Balaban J connectivity index is 1.39. The summed E-state index contributed by atoms with van der Waals surface area (Å²) in [5.41, 5.74) is 5.66. The summed E-state index contributed by atoms with van der Waals surface area (Å²) in [5, 5.41) is 2.99. The highest BCUT2D eigenvalue weighted by molar-refractivity contribution is 7.99. The lowest BCUT2D eigenvalue weighted by atomic mass is 9.94. The second-order valence-corrected chi connectivity index (χ2v) is 10.9. The molecule has 3 aromatic rings. The van der Waals surface area contributed by atoms with Crippen molar-refractivity contribution in [3.63, 3.8) is 0 Å². The van der Waals surface area contributed by atoms with E-state index in [1.165, 1.54) is 46.8 Å². The van der Waals surface area contributed by atoms with Crippen molar-refractivity contribution in [1.29, 1.82) is 0 Å². The van der Waals surface area contributed by atoms with Crippen LogP contribution in [0.2, 0.25) is 0 Å². The van der Waals surface area contributed by atoms with Crippen molar-refractivity contribution in [2.24, 2.45) is 0 Å². The topological polar surface area (TPSA) is 35.6 Å². The minimum absolute atomic E-state index is 0.0534. The zero-order valence-electron chi connectivity index (χ0n) is 20.1. The van der Waals surface area contributed by atoms with Crippen molar-refractivity contribution in [2.45, 2.75) is 60.5 Å². The number of piperidine rings is 1. The molecule has 3 aliphatic rings. The van der Waals surface area contributed by atoms with Gasteiger partial charge in [0.15, 0.2) is 0 Å². The molecule has 1 amide bonds. The third-order valence-electron chi connectivity index (χ3n) is 7.68. The van der Waals surface area contributed by atoms with E-state index < -0.39 is 0 Å². The van der Waals surface area contributed by atoms with Gasteiger partial charge in [0.1, 0.15) is 0 Å². The number of carbonyl (C=O) groups excluding carboxylic acids is 1. The fourth-order valence-corrected chi connectivity index (χ4v) is 7.39. The maximum Gasteiger partial charge on any atom is 0.221 e. The predicted octanol–water partition coefficient (Wildman–Crippen LogP) is 7.10. The van der Waals surface area contributed by atoms with Crippen LogP contribution in [0.25, 0.3) is 11.1 Å². The quantitative estimate of drug-likeness (QED) is 0.394. The number of carbonyl (C=O) groups is 1. The van der Waals surface area contributed by atoms with E-state index in [0.29, 0.717) is 18.1 Å². The monoisotopic (exact) mass is 481 g/mol. The van der Waals surface area contributed by atoms with Crippen molar-refractivity contribution in [2.75, 3.05) is 16.8 Å². The van der Waals surface area contributed by atoms with Crippen LogP contribution in [0, 0.1) is 0 Å². The Morgan fingerprint density at radius 1 is 0.971 bits per heavy atom. The van der Waals surface area contributed by atoms with Crippen LogP contribution in [-0.2, 0) is 4.79 Å². The Hall–Kier alpha value is -3.02. The summed E-state index contributed by atoms with van der Waals surface area (Å²) < 4.78 is 0. The van der Waals surface area contributed by atoms with Crippen molar-refractivity contribution >= 4 is 34.7 Å². The maximum atomic E-state index is 11.8. The Kier molecular flexibility index (Phi) is 5.91. The van der Waals surface area contributed by atoms with Crippen LogP contribution in [-0.4, -0.2) is 35.5 Å². The first-order valence-electron chi connectivity index (χ1n) is 12.6. The molecular formula is C30H31N3OS. The summed E-state index contributed by atoms with van der Waals surface area (Å²) in [7, 11) is 0. The van der Waals surface area contributed by atoms with E-state index in [1.807, 2.05) is 30.0 Å². The molecule has 2 saturated heterocycles. The first-order chi connectivity index (χ1) is 17.1. The highest BCUT2D eigenvalue weighted by atomic mass is 32.2. The molecule has 3 aliphatic heterocycles. The van der Waals surface area contributed by atoms with Gasteiger partial charge in [-0.1, -0.05) is 54.2 Å². The molecule has 2 bridgehead atoms. The molecule has 0 radical (unpaired) electrons. The molecule has 2 atom stereocenters. The fraction of sp³-hybridized carbons (Fsp3) is 0.300. The first-order valence-corrected chi connectivity index (χ1v) is 13.4. The van der Waals surface area contributed by atoms with Crippen LogP contribution in [0.5, 0.6) is 0 Å². The number of para-hydroxylation sites is 2. The highest BCUT2D eigenvalue weighted by Gasteiger charge is 2.43. The van der Waals surface area contributed by atoms with Crippen LogP contribution in [0.15, 0.2) is 89.2 Å². The van der Waals surface area contributed by atoms with Crippen LogP contribution in [0.4, 0.5) is 17.1 Å². The number of rotatable bonds is 5. The van der Waals surface area contributed by atoms with Gasteiger partial charge < -0.3 is 10.2 Å². The molecule has 2 unspecified atom stereocenters. The number of nitrogens with zero attached hydrogens (tertiary/aromatic N) is 2. The van der Waals surface area contributed by atoms with Crippen molar-refractivity contribution in [3.8, 4) is 11.1 Å². The average Bonchev–Trinajstić information content (AvgIpc) is 3.09. The summed E-state index contributed by atoms with van der Waals surface area (Å²) >= 11 is 1.85. The Labute approximate surface area is 212 Å². The molecule has 0 spiro atoms. The zero-order valence-corrected chi connectivity index (χ0v) is 20.9. The van der Waals surface area contributed by atoms with E-state index in [2.05, 4.69) is 76.3 Å². The van der Waals surface area contributed by atoms with Crippen LogP contribution in [0.3, 0.4) is 0 Å². The van der Waals surface area contributed by atoms with Gasteiger partial charge in [0.05, 0.1) is 11.4 Å². The lowest BCUT2D eigenvalue weighted by molar-refractivity contribution is -0.114. The lowest BCUT2D eigenvalue weighted by Gasteiger charge is -2.46. The summed E-state index contributed by atoms with van der Waals surface area (Å²) in [6.07, 6.45) is 7.04. The van der Waals surface area contributed by atoms with Gasteiger partial charge in [-0.25, -0.2) is 0 Å². The number of fused-ring (bicyclic) bond motifs is 4. The van der Waals surface area contributed by atoms with Gasteiger partial charge in [-0.05, 0) is 61.6 Å². The van der Waals surface area contributed by atoms with E-state index in [4.69, 9.17) is 0 Å². The number of nitrogens with one attached hydrogen (secondary N) is 1. The predicted molar refractivity (Wildman–Crippen MR) is 146 cm³/mol. The molecule has 178 valence electrons. The van der Waals surface area contributed by atoms with E-state index in [-0.39, 0.29) is 5.91 Å². The van der Waals surface area contributed by atoms with Gasteiger partial charge in [0, 0.05) is 52.6 Å². The maximum absolute atomic E-state index is 11.8. The molecule has 4 nitrogen and oxygen atoms in total. The van der Waals surface area contributed by atoms with Gasteiger partial charge in [-0.2, -0.15) is 0 Å². The van der Waals surface area contributed by atoms with Crippen molar-refractivity contribution in [3.05, 3.63) is 79.4 Å². The molecule has 0 aliphatic carbocycles. The lowest BCUT2D eigenvalue weighted by Crippen LogP contribution is -2.49. The van der Waals surface area contributed by atoms with Gasteiger partial charge in [0.2, 0.25) is 5.91 Å². The summed E-state index contributed by atoms with van der Waals surface area (Å²) in [5.74, 6) is -0.0534. The van der Waals surface area contributed by atoms with Gasteiger partial charge >= 0.3 is 0 Å². The molecule has 6 rings (SSSR count). The fourth-order valence-electron chi connectivity index (χ4n) is 6.28. The number of hydrogen-bond acceptors (Lipinski definition) is 4. The van der Waals surface area contributed by atoms with Gasteiger partial charge in [0.25, 0.3) is 0 Å². The molecule has 2 fully saturated rings. The van der Waals surface area contributed by atoms with Crippen molar-refractivity contribution < 1.29 is 4.79 Å². The van der Waals surface area contributed by atoms with E-state index >= 15 is 0 Å². The van der Waals surface area contributed by atoms with Gasteiger partial charge in [-0.15, -0.1) is 6.58 Å². The number of amides is 1. The molecular weight excluding hydrogens is 450 g/mol. The molecule has 3 aromatic carbocycles. The summed E-state index contributed by atoms with van der Waals surface area (Å²) in [6.45, 7) is 6.56. The smallest absolute Gasteiger partial charge is 0.221 e. The molecule has 3 heterocycles. The van der Waals surface area contributed by atoms with E-state index in [1.54, 1.807) is 6.92 Å². The van der Waals surface area contributed by atoms with Crippen LogP contribution in [0.1, 0.15) is 32.6 Å².